The van der Waals surface area contributed by atoms with Crippen LogP contribution in [-0.2, 0) is 0 Å². The number of fused-ring (bicyclic) bond motifs is 4. The molecule has 0 amide bonds. The molecule has 0 spiro atoms. The lowest BCUT2D eigenvalue weighted by atomic mass is 10.1. The van der Waals surface area contributed by atoms with Crippen molar-refractivity contribution in [2.24, 2.45) is 0 Å². The molecular weight excluding hydrogens is 305 g/mol. The SMILES string of the molecule is O=C1c2cc([N+](=O)[O-])ccc2-n2c1nc1ccc(F)cc1c2=O. The Morgan fingerprint density at radius 2 is 1.91 bits per heavy atom. The van der Waals surface area contributed by atoms with Crippen LogP contribution in [0.1, 0.15) is 16.2 Å². The number of nitro groups is 1. The summed E-state index contributed by atoms with van der Waals surface area (Å²) in [7, 11) is 0. The third-order valence-electron chi connectivity index (χ3n) is 3.71. The summed E-state index contributed by atoms with van der Waals surface area (Å²) in [6, 6.07) is 7.12. The van der Waals surface area contributed by atoms with Gasteiger partial charge in [-0.1, -0.05) is 0 Å². The van der Waals surface area contributed by atoms with Gasteiger partial charge < -0.3 is 0 Å². The van der Waals surface area contributed by atoms with Gasteiger partial charge in [-0.15, -0.1) is 0 Å². The molecule has 8 heteroatoms. The molecule has 0 aliphatic carbocycles. The lowest BCUT2D eigenvalue weighted by Gasteiger charge is -2.05. The predicted molar refractivity (Wildman–Crippen MR) is 77.4 cm³/mol. The van der Waals surface area contributed by atoms with Crippen molar-refractivity contribution in [3.05, 3.63) is 74.1 Å². The minimum Gasteiger partial charge on any atom is -0.285 e. The zero-order chi connectivity index (χ0) is 16.3. The highest BCUT2D eigenvalue weighted by Gasteiger charge is 2.31. The van der Waals surface area contributed by atoms with E-state index in [1.807, 2.05) is 0 Å². The van der Waals surface area contributed by atoms with Crippen LogP contribution in [0.3, 0.4) is 0 Å². The van der Waals surface area contributed by atoms with Crippen LogP contribution in [0.2, 0.25) is 0 Å². The van der Waals surface area contributed by atoms with Crippen molar-refractivity contribution >= 4 is 22.4 Å². The third-order valence-corrected chi connectivity index (χ3v) is 3.71. The van der Waals surface area contributed by atoms with Gasteiger partial charge in [-0.2, -0.15) is 0 Å². The first-order chi connectivity index (χ1) is 11.0. The molecule has 0 saturated heterocycles. The highest BCUT2D eigenvalue weighted by Crippen LogP contribution is 2.29. The third kappa shape index (κ3) is 1.71. The van der Waals surface area contributed by atoms with Crippen molar-refractivity contribution in [3.63, 3.8) is 0 Å². The smallest absolute Gasteiger partial charge is 0.270 e. The summed E-state index contributed by atoms with van der Waals surface area (Å²) in [6.07, 6.45) is 0. The van der Waals surface area contributed by atoms with E-state index in [2.05, 4.69) is 4.98 Å². The van der Waals surface area contributed by atoms with E-state index in [-0.39, 0.29) is 33.7 Å². The molecule has 112 valence electrons. The summed E-state index contributed by atoms with van der Waals surface area (Å²) in [4.78, 5) is 39.3. The fourth-order valence-corrected chi connectivity index (χ4v) is 2.67. The van der Waals surface area contributed by atoms with E-state index in [1.54, 1.807) is 0 Å². The lowest BCUT2D eigenvalue weighted by Crippen LogP contribution is -2.21. The van der Waals surface area contributed by atoms with Crippen molar-refractivity contribution < 1.29 is 14.1 Å². The maximum atomic E-state index is 13.4. The topological polar surface area (TPSA) is 95.1 Å². The van der Waals surface area contributed by atoms with Crippen LogP contribution in [0.25, 0.3) is 16.6 Å². The average molecular weight is 311 g/mol. The van der Waals surface area contributed by atoms with Gasteiger partial charge in [0.05, 0.1) is 27.1 Å². The van der Waals surface area contributed by atoms with E-state index >= 15 is 0 Å². The van der Waals surface area contributed by atoms with Gasteiger partial charge in [-0.25, -0.2) is 9.37 Å². The Morgan fingerprint density at radius 1 is 1.13 bits per heavy atom. The molecule has 1 aliphatic heterocycles. The molecular formula is C15H6FN3O4. The summed E-state index contributed by atoms with van der Waals surface area (Å²) in [5.41, 5.74) is -0.420. The van der Waals surface area contributed by atoms with Crippen molar-refractivity contribution in [1.82, 2.24) is 9.55 Å². The van der Waals surface area contributed by atoms with E-state index in [1.165, 1.54) is 18.2 Å². The van der Waals surface area contributed by atoms with E-state index in [0.717, 1.165) is 22.8 Å². The normalized spacial score (nSPS) is 12.3. The summed E-state index contributed by atoms with van der Waals surface area (Å²) in [5.74, 6) is -1.30. The summed E-state index contributed by atoms with van der Waals surface area (Å²) in [6.45, 7) is 0. The quantitative estimate of drug-likeness (QED) is 0.395. The molecule has 1 aromatic heterocycles. The van der Waals surface area contributed by atoms with Crippen LogP contribution in [0.5, 0.6) is 0 Å². The largest absolute Gasteiger partial charge is 0.285 e. The number of carbonyl (C=O) groups is 1. The van der Waals surface area contributed by atoms with Gasteiger partial charge in [-0.3, -0.25) is 24.3 Å². The van der Waals surface area contributed by atoms with Gasteiger partial charge >= 0.3 is 0 Å². The standard InChI is InChI=1S/C15H6FN3O4/c16-7-1-3-11-9(5-7)15(21)18-12-4-2-8(19(22)23)6-10(12)13(20)14(18)17-11/h1-6H. The van der Waals surface area contributed by atoms with Gasteiger partial charge in [0, 0.05) is 12.1 Å². The Labute approximate surface area is 126 Å². The molecule has 3 aromatic rings. The average Bonchev–Trinajstić information content (AvgIpc) is 2.81. The first-order valence-corrected chi connectivity index (χ1v) is 6.53. The predicted octanol–water partition coefficient (Wildman–Crippen LogP) is 1.98. The number of non-ortho nitro benzene ring substituents is 1. The van der Waals surface area contributed by atoms with Gasteiger partial charge in [-0.05, 0) is 24.3 Å². The number of rotatable bonds is 1. The summed E-state index contributed by atoms with van der Waals surface area (Å²) >= 11 is 0. The molecule has 23 heavy (non-hydrogen) atoms. The Morgan fingerprint density at radius 3 is 2.65 bits per heavy atom. The summed E-state index contributed by atoms with van der Waals surface area (Å²) < 4.78 is 14.4. The molecule has 4 rings (SSSR count). The second-order valence-electron chi connectivity index (χ2n) is 5.03. The van der Waals surface area contributed by atoms with Crippen molar-refractivity contribution in [2.75, 3.05) is 0 Å². The van der Waals surface area contributed by atoms with Crippen molar-refractivity contribution in [3.8, 4) is 5.69 Å². The molecule has 0 saturated carbocycles. The number of aromatic nitrogens is 2. The Kier molecular flexibility index (Phi) is 2.47. The van der Waals surface area contributed by atoms with E-state index < -0.39 is 22.1 Å². The Balaban J connectivity index is 2.10. The molecule has 2 aromatic carbocycles. The van der Waals surface area contributed by atoms with Crippen LogP contribution >= 0.6 is 0 Å². The Bertz CT molecular complexity index is 1100. The first kappa shape index (κ1) is 13.3. The number of benzene rings is 2. The minimum atomic E-state index is -0.626. The molecule has 0 bridgehead atoms. The van der Waals surface area contributed by atoms with Gasteiger partial charge in [0.2, 0.25) is 5.78 Å². The van der Waals surface area contributed by atoms with Crippen molar-refractivity contribution in [2.45, 2.75) is 0 Å². The number of ketones is 1. The van der Waals surface area contributed by atoms with Crippen LogP contribution < -0.4 is 5.56 Å². The number of nitrogens with zero attached hydrogens (tertiary/aromatic N) is 3. The molecule has 0 fully saturated rings. The number of carbonyl (C=O) groups excluding carboxylic acids is 1. The van der Waals surface area contributed by atoms with Gasteiger partial charge in [0.25, 0.3) is 11.2 Å². The highest BCUT2D eigenvalue weighted by atomic mass is 19.1. The molecule has 0 N–H and O–H groups in total. The fourth-order valence-electron chi connectivity index (χ4n) is 2.67. The molecule has 0 radical (unpaired) electrons. The number of hydrogen-bond donors (Lipinski definition) is 0. The van der Waals surface area contributed by atoms with E-state index in [4.69, 9.17) is 0 Å². The minimum absolute atomic E-state index is 0.0274. The number of halogens is 1. The van der Waals surface area contributed by atoms with Crippen LogP contribution in [0.4, 0.5) is 10.1 Å². The van der Waals surface area contributed by atoms with E-state index in [0.29, 0.717) is 0 Å². The molecule has 7 nitrogen and oxygen atoms in total. The zero-order valence-electron chi connectivity index (χ0n) is 11.3. The van der Waals surface area contributed by atoms with Crippen LogP contribution in [0, 0.1) is 15.9 Å². The highest BCUT2D eigenvalue weighted by molar-refractivity contribution is 6.13. The maximum absolute atomic E-state index is 13.4. The second kappa shape index (κ2) is 4.29. The van der Waals surface area contributed by atoms with Crippen LogP contribution in [0.15, 0.2) is 41.2 Å². The molecule has 1 aliphatic rings. The van der Waals surface area contributed by atoms with E-state index in [9.17, 15) is 24.1 Å². The summed E-state index contributed by atoms with van der Waals surface area (Å²) in [5, 5.41) is 10.9. The number of nitro benzene ring substituents is 1. The van der Waals surface area contributed by atoms with Gasteiger partial charge in [0.1, 0.15) is 5.82 Å². The molecule has 0 atom stereocenters. The lowest BCUT2D eigenvalue weighted by molar-refractivity contribution is -0.384. The fraction of sp³-hybridized carbons (Fsp3) is 0. The van der Waals surface area contributed by atoms with Crippen molar-refractivity contribution in [1.29, 1.82) is 0 Å². The molecule has 0 unspecified atom stereocenters. The first-order valence-electron chi connectivity index (χ1n) is 6.53. The zero-order valence-corrected chi connectivity index (χ0v) is 11.3. The monoisotopic (exact) mass is 311 g/mol. The van der Waals surface area contributed by atoms with Crippen LogP contribution in [-0.4, -0.2) is 20.3 Å². The van der Waals surface area contributed by atoms with Gasteiger partial charge in [0.15, 0.2) is 5.82 Å². The number of hydrogen-bond acceptors (Lipinski definition) is 5. The molecule has 2 heterocycles. The second-order valence-corrected chi connectivity index (χ2v) is 5.03. The maximum Gasteiger partial charge on any atom is 0.270 e. The Hall–Kier alpha value is -3.42.